The maximum Gasteiger partial charge on any atom is 0.143 e. The fraction of sp³-hybridized carbons (Fsp3) is 0.385. The van der Waals surface area contributed by atoms with Gasteiger partial charge in [-0.05, 0) is 25.0 Å². The Hall–Kier alpha value is -1.48. The van der Waals surface area contributed by atoms with Crippen molar-refractivity contribution in [1.82, 2.24) is 4.57 Å². The minimum Gasteiger partial charge on any atom is -0.495 e. The number of aromatic nitrogens is 1. The van der Waals surface area contributed by atoms with Crippen LogP contribution < -0.4 is 10.5 Å². The number of nitrogens with zero attached hydrogens (tertiary/aromatic N) is 1. The summed E-state index contributed by atoms with van der Waals surface area (Å²) >= 11 is 0. The van der Waals surface area contributed by atoms with Crippen molar-refractivity contribution >= 4 is 10.9 Å². The van der Waals surface area contributed by atoms with Crippen molar-refractivity contribution in [2.75, 3.05) is 7.11 Å². The molecule has 2 N–H and O–H groups in total. The highest BCUT2D eigenvalue weighted by atomic mass is 16.5. The lowest BCUT2D eigenvalue weighted by Crippen LogP contribution is -2.17. The standard InChI is InChI=1S/C13H18N2O/c1-9(14)7-10-8-15(2)13-11(10)5-4-6-12(13)16-3/h4-6,8-9H,7,14H2,1-3H3. The van der Waals surface area contributed by atoms with Gasteiger partial charge in [-0.25, -0.2) is 0 Å². The van der Waals surface area contributed by atoms with Crippen molar-refractivity contribution in [1.29, 1.82) is 0 Å². The fourth-order valence-corrected chi connectivity index (χ4v) is 2.19. The van der Waals surface area contributed by atoms with Crippen molar-refractivity contribution in [3.05, 3.63) is 30.0 Å². The monoisotopic (exact) mass is 218 g/mol. The molecule has 0 bridgehead atoms. The summed E-state index contributed by atoms with van der Waals surface area (Å²) in [6.45, 7) is 2.03. The van der Waals surface area contributed by atoms with E-state index in [9.17, 15) is 0 Å². The lowest BCUT2D eigenvalue weighted by molar-refractivity contribution is 0.418. The van der Waals surface area contributed by atoms with E-state index < -0.39 is 0 Å². The van der Waals surface area contributed by atoms with Crippen molar-refractivity contribution < 1.29 is 4.74 Å². The Morgan fingerprint density at radius 1 is 1.44 bits per heavy atom. The Kier molecular flexibility index (Phi) is 2.88. The maximum atomic E-state index is 5.85. The first kappa shape index (κ1) is 11.0. The zero-order valence-electron chi connectivity index (χ0n) is 10.0. The van der Waals surface area contributed by atoms with Gasteiger partial charge >= 0.3 is 0 Å². The van der Waals surface area contributed by atoms with Crippen LogP contribution in [-0.4, -0.2) is 17.7 Å². The van der Waals surface area contributed by atoms with Crippen molar-refractivity contribution in [3.63, 3.8) is 0 Å². The van der Waals surface area contributed by atoms with Crippen LogP contribution in [0.5, 0.6) is 5.75 Å². The molecule has 0 saturated heterocycles. The summed E-state index contributed by atoms with van der Waals surface area (Å²) in [5, 5.41) is 1.24. The topological polar surface area (TPSA) is 40.2 Å². The van der Waals surface area contributed by atoms with Crippen LogP contribution in [0.3, 0.4) is 0 Å². The van der Waals surface area contributed by atoms with E-state index in [4.69, 9.17) is 10.5 Å². The molecule has 0 amide bonds. The Morgan fingerprint density at radius 3 is 2.81 bits per heavy atom. The van der Waals surface area contributed by atoms with Gasteiger partial charge in [-0.2, -0.15) is 0 Å². The Labute approximate surface area is 95.8 Å². The van der Waals surface area contributed by atoms with Gasteiger partial charge in [0.2, 0.25) is 0 Å². The number of methoxy groups -OCH3 is 1. The third-order valence-corrected chi connectivity index (χ3v) is 2.81. The number of hydrogen-bond donors (Lipinski definition) is 1. The fourth-order valence-electron chi connectivity index (χ4n) is 2.19. The van der Waals surface area contributed by atoms with E-state index >= 15 is 0 Å². The Bertz CT molecular complexity index is 500. The van der Waals surface area contributed by atoms with Gasteiger partial charge in [0, 0.05) is 24.7 Å². The SMILES string of the molecule is COc1cccc2c(CC(C)N)cn(C)c12. The van der Waals surface area contributed by atoms with Crippen LogP contribution in [-0.2, 0) is 13.5 Å². The van der Waals surface area contributed by atoms with E-state index in [1.165, 1.54) is 10.9 Å². The van der Waals surface area contributed by atoms with Crippen LogP contribution in [0.25, 0.3) is 10.9 Å². The average molecular weight is 218 g/mol. The molecular weight excluding hydrogens is 200 g/mol. The summed E-state index contributed by atoms with van der Waals surface area (Å²) in [7, 11) is 3.74. The minimum absolute atomic E-state index is 0.178. The van der Waals surface area contributed by atoms with Gasteiger partial charge in [0.05, 0.1) is 12.6 Å². The molecule has 1 unspecified atom stereocenters. The number of fused-ring (bicyclic) bond motifs is 1. The molecular formula is C13H18N2O. The molecule has 86 valence electrons. The van der Waals surface area contributed by atoms with Crippen LogP contribution in [0.2, 0.25) is 0 Å². The number of ether oxygens (including phenoxy) is 1. The van der Waals surface area contributed by atoms with Crippen LogP contribution in [0.1, 0.15) is 12.5 Å². The van der Waals surface area contributed by atoms with Crippen LogP contribution >= 0.6 is 0 Å². The highest BCUT2D eigenvalue weighted by molar-refractivity contribution is 5.89. The second kappa shape index (κ2) is 4.18. The molecule has 16 heavy (non-hydrogen) atoms. The molecule has 0 aliphatic carbocycles. The predicted octanol–water partition coefficient (Wildman–Crippen LogP) is 2.08. The van der Waals surface area contributed by atoms with Gasteiger partial charge in [-0.3, -0.25) is 0 Å². The molecule has 0 radical (unpaired) electrons. The van der Waals surface area contributed by atoms with Gasteiger partial charge in [0.1, 0.15) is 5.75 Å². The largest absolute Gasteiger partial charge is 0.495 e. The van der Waals surface area contributed by atoms with E-state index in [0.29, 0.717) is 0 Å². The summed E-state index contributed by atoms with van der Waals surface area (Å²) < 4.78 is 7.48. The lowest BCUT2D eigenvalue weighted by atomic mass is 10.1. The molecule has 2 rings (SSSR count). The van der Waals surface area contributed by atoms with E-state index in [1.807, 2.05) is 26.1 Å². The first-order valence-corrected chi connectivity index (χ1v) is 5.50. The maximum absolute atomic E-state index is 5.85. The first-order chi connectivity index (χ1) is 7.63. The smallest absolute Gasteiger partial charge is 0.143 e. The molecule has 0 aliphatic rings. The molecule has 0 aliphatic heterocycles. The van der Waals surface area contributed by atoms with E-state index in [0.717, 1.165) is 17.7 Å². The Morgan fingerprint density at radius 2 is 2.19 bits per heavy atom. The predicted molar refractivity (Wildman–Crippen MR) is 66.8 cm³/mol. The molecule has 0 spiro atoms. The molecule has 0 fully saturated rings. The van der Waals surface area contributed by atoms with Crippen molar-refractivity contribution in [3.8, 4) is 5.75 Å². The molecule has 1 atom stereocenters. The molecule has 1 heterocycles. The second-order valence-electron chi connectivity index (χ2n) is 4.30. The minimum atomic E-state index is 0.178. The molecule has 3 nitrogen and oxygen atoms in total. The highest BCUT2D eigenvalue weighted by Gasteiger charge is 2.11. The van der Waals surface area contributed by atoms with Gasteiger partial charge in [-0.15, -0.1) is 0 Å². The van der Waals surface area contributed by atoms with Crippen molar-refractivity contribution in [2.45, 2.75) is 19.4 Å². The summed E-state index contributed by atoms with van der Waals surface area (Å²) in [6, 6.07) is 6.30. The highest BCUT2D eigenvalue weighted by Crippen LogP contribution is 2.29. The zero-order valence-corrected chi connectivity index (χ0v) is 10.0. The molecule has 2 aromatic rings. The van der Waals surface area contributed by atoms with Crippen LogP contribution in [0, 0.1) is 0 Å². The van der Waals surface area contributed by atoms with Gasteiger partial charge in [0.25, 0.3) is 0 Å². The molecule has 0 saturated carbocycles. The normalized spacial score (nSPS) is 13.0. The summed E-state index contributed by atoms with van der Waals surface area (Å²) in [5.74, 6) is 0.913. The lowest BCUT2D eigenvalue weighted by Gasteiger charge is -2.05. The number of rotatable bonds is 3. The van der Waals surface area contributed by atoms with Gasteiger partial charge < -0.3 is 15.0 Å². The number of nitrogens with two attached hydrogens (primary N) is 1. The third kappa shape index (κ3) is 1.78. The molecule has 1 aromatic carbocycles. The third-order valence-electron chi connectivity index (χ3n) is 2.81. The summed E-state index contributed by atoms with van der Waals surface area (Å²) in [6.07, 6.45) is 3.03. The summed E-state index contributed by atoms with van der Waals surface area (Å²) in [5.41, 5.74) is 8.28. The number of benzene rings is 1. The first-order valence-electron chi connectivity index (χ1n) is 5.50. The Balaban J connectivity index is 2.62. The van der Waals surface area contributed by atoms with E-state index in [1.54, 1.807) is 7.11 Å². The second-order valence-corrected chi connectivity index (χ2v) is 4.30. The molecule has 3 heteroatoms. The molecule has 1 aromatic heterocycles. The number of para-hydroxylation sites is 1. The van der Waals surface area contributed by atoms with Gasteiger partial charge in [0.15, 0.2) is 0 Å². The van der Waals surface area contributed by atoms with E-state index in [2.05, 4.69) is 16.8 Å². The van der Waals surface area contributed by atoms with E-state index in [-0.39, 0.29) is 6.04 Å². The quantitative estimate of drug-likeness (QED) is 0.856. The zero-order chi connectivity index (χ0) is 11.7. The number of hydrogen-bond acceptors (Lipinski definition) is 2. The summed E-state index contributed by atoms with van der Waals surface area (Å²) in [4.78, 5) is 0. The average Bonchev–Trinajstić information content (AvgIpc) is 2.55. The van der Waals surface area contributed by atoms with Crippen LogP contribution in [0.15, 0.2) is 24.4 Å². The van der Waals surface area contributed by atoms with Crippen LogP contribution in [0.4, 0.5) is 0 Å². The van der Waals surface area contributed by atoms with Gasteiger partial charge in [-0.1, -0.05) is 12.1 Å². The number of aryl methyl sites for hydroxylation is 1. The van der Waals surface area contributed by atoms with Crippen molar-refractivity contribution in [2.24, 2.45) is 12.8 Å².